The molecule has 1 unspecified atom stereocenters. The number of thioether (sulfide) groups is 1. The van der Waals surface area contributed by atoms with Crippen LogP contribution in [0.15, 0.2) is 119 Å². The lowest BCUT2D eigenvalue weighted by Gasteiger charge is -2.13. The number of ether oxygens (including phenoxy) is 1. The third kappa shape index (κ3) is 8.63. The van der Waals surface area contributed by atoms with Crippen molar-refractivity contribution in [2.75, 3.05) is 17.7 Å². The Morgan fingerprint density at radius 2 is 1.65 bits per heavy atom. The standard InChI is InChI=1S/C35H29ClN4O4S2/c1-22(32(41)40-35-39-31(21-45-35)25-12-8-13-27(19-25)44-2)46-28-17-15-26(16-18-28)37-34(43)30(20-24-11-6-7-14-29(24)36)38-33(42)23-9-4-3-5-10-23/h3-22H,1-2H3,(H,37,43)(H,38,42)(H,39,40,41)/b30-20-. The second-order valence-electron chi connectivity index (χ2n) is 9.90. The van der Waals surface area contributed by atoms with Crippen molar-refractivity contribution in [2.45, 2.75) is 17.1 Å². The van der Waals surface area contributed by atoms with Crippen LogP contribution >= 0.6 is 34.7 Å². The van der Waals surface area contributed by atoms with Crippen molar-refractivity contribution >= 4 is 69.3 Å². The first-order valence-corrected chi connectivity index (χ1v) is 16.2. The Hall–Kier alpha value is -4.90. The van der Waals surface area contributed by atoms with Crippen LogP contribution in [-0.4, -0.2) is 35.1 Å². The molecule has 3 amide bonds. The van der Waals surface area contributed by atoms with Gasteiger partial charge in [0.2, 0.25) is 5.91 Å². The molecular weight excluding hydrogens is 640 g/mol. The molecule has 1 aromatic heterocycles. The van der Waals surface area contributed by atoms with Gasteiger partial charge in [-0.3, -0.25) is 14.4 Å². The largest absolute Gasteiger partial charge is 0.497 e. The SMILES string of the molecule is COc1cccc(-c2csc(NC(=O)C(C)Sc3ccc(NC(=O)/C(=C/c4ccccc4Cl)NC(=O)c4ccccc4)cc3)n2)c1. The van der Waals surface area contributed by atoms with Gasteiger partial charge in [0.25, 0.3) is 11.8 Å². The third-order valence-electron chi connectivity index (χ3n) is 6.63. The molecule has 1 atom stereocenters. The van der Waals surface area contributed by atoms with Crippen molar-refractivity contribution < 1.29 is 19.1 Å². The van der Waals surface area contributed by atoms with Gasteiger partial charge in [0, 0.05) is 32.1 Å². The molecule has 4 aromatic carbocycles. The van der Waals surface area contributed by atoms with E-state index < -0.39 is 17.1 Å². The normalized spacial score (nSPS) is 11.8. The van der Waals surface area contributed by atoms with Gasteiger partial charge >= 0.3 is 0 Å². The Kier molecular flexibility index (Phi) is 10.9. The second kappa shape index (κ2) is 15.4. The van der Waals surface area contributed by atoms with Gasteiger partial charge in [-0.05, 0) is 73.2 Å². The van der Waals surface area contributed by atoms with E-state index in [0.717, 1.165) is 21.9 Å². The van der Waals surface area contributed by atoms with Crippen molar-refractivity contribution in [3.63, 3.8) is 0 Å². The first kappa shape index (κ1) is 32.5. The second-order valence-corrected chi connectivity index (χ2v) is 12.6. The van der Waals surface area contributed by atoms with Crippen molar-refractivity contribution in [1.82, 2.24) is 10.3 Å². The van der Waals surface area contributed by atoms with E-state index in [9.17, 15) is 14.4 Å². The number of amides is 3. The predicted molar refractivity (Wildman–Crippen MR) is 186 cm³/mol. The lowest BCUT2D eigenvalue weighted by Crippen LogP contribution is -2.30. The lowest BCUT2D eigenvalue weighted by molar-refractivity contribution is -0.115. The van der Waals surface area contributed by atoms with Crippen LogP contribution in [0, 0.1) is 0 Å². The maximum Gasteiger partial charge on any atom is 0.272 e. The quantitative estimate of drug-likeness (QED) is 0.0972. The van der Waals surface area contributed by atoms with Crippen LogP contribution in [0.5, 0.6) is 5.75 Å². The molecule has 8 nitrogen and oxygen atoms in total. The molecule has 0 aliphatic rings. The molecule has 1 heterocycles. The summed E-state index contributed by atoms with van der Waals surface area (Å²) >= 11 is 9.05. The van der Waals surface area contributed by atoms with E-state index in [1.165, 1.54) is 29.2 Å². The van der Waals surface area contributed by atoms with E-state index in [1.807, 2.05) is 48.7 Å². The zero-order valence-corrected chi connectivity index (χ0v) is 27.2. The molecule has 0 saturated carbocycles. The van der Waals surface area contributed by atoms with Crippen LogP contribution in [0.3, 0.4) is 0 Å². The van der Waals surface area contributed by atoms with Crippen LogP contribution < -0.4 is 20.7 Å². The van der Waals surface area contributed by atoms with Gasteiger partial charge in [-0.1, -0.05) is 60.1 Å². The van der Waals surface area contributed by atoms with Crippen LogP contribution in [-0.2, 0) is 9.59 Å². The summed E-state index contributed by atoms with van der Waals surface area (Å²) in [6.45, 7) is 1.81. The minimum atomic E-state index is -0.519. The highest BCUT2D eigenvalue weighted by Gasteiger charge is 2.18. The molecule has 0 saturated heterocycles. The Morgan fingerprint density at radius 1 is 0.913 bits per heavy atom. The summed E-state index contributed by atoms with van der Waals surface area (Å²) in [4.78, 5) is 44.5. The number of hydrogen-bond donors (Lipinski definition) is 3. The predicted octanol–water partition coefficient (Wildman–Crippen LogP) is 8.00. The molecule has 46 heavy (non-hydrogen) atoms. The van der Waals surface area contributed by atoms with Crippen molar-refractivity contribution in [3.05, 3.63) is 130 Å². The summed E-state index contributed by atoms with van der Waals surface area (Å²) in [5, 5.41) is 10.8. The highest BCUT2D eigenvalue weighted by Crippen LogP contribution is 2.29. The highest BCUT2D eigenvalue weighted by molar-refractivity contribution is 8.00. The first-order valence-electron chi connectivity index (χ1n) is 14.1. The fraction of sp³-hybridized carbons (Fsp3) is 0.0857. The number of carbonyl (C=O) groups excluding carboxylic acids is 3. The number of nitrogens with one attached hydrogen (secondary N) is 3. The average Bonchev–Trinajstić information content (AvgIpc) is 3.55. The molecule has 0 aliphatic heterocycles. The Morgan fingerprint density at radius 3 is 2.39 bits per heavy atom. The Balaban J connectivity index is 1.21. The van der Waals surface area contributed by atoms with Gasteiger partial charge in [0.15, 0.2) is 5.13 Å². The molecule has 11 heteroatoms. The topological polar surface area (TPSA) is 109 Å². The van der Waals surface area contributed by atoms with Gasteiger partial charge in [0.05, 0.1) is 18.1 Å². The number of thiazole rings is 1. The third-order valence-corrected chi connectivity index (χ3v) is 8.84. The van der Waals surface area contributed by atoms with Crippen LogP contribution in [0.1, 0.15) is 22.8 Å². The average molecular weight is 669 g/mol. The van der Waals surface area contributed by atoms with Gasteiger partial charge in [-0.15, -0.1) is 23.1 Å². The molecule has 3 N–H and O–H groups in total. The van der Waals surface area contributed by atoms with E-state index in [0.29, 0.717) is 27.0 Å². The first-order chi connectivity index (χ1) is 22.3. The zero-order valence-electron chi connectivity index (χ0n) is 24.8. The molecule has 0 fully saturated rings. The van der Waals surface area contributed by atoms with Gasteiger partial charge < -0.3 is 20.7 Å². The smallest absolute Gasteiger partial charge is 0.272 e. The number of benzene rings is 4. The van der Waals surface area contributed by atoms with Crippen molar-refractivity contribution in [1.29, 1.82) is 0 Å². The summed E-state index contributed by atoms with van der Waals surface area (Å²) < 4.78 is 5.29. The van der Waals surface area contributed by atoms with Gasteiger partial charge in [-0.25, -0.2) is 4.98 Å². The van der Waals surface area contributed by atoms with E-state index in [-0.39, 0.29) is 11.6 Å². The number of methoxy groups -OCH3 is 1. The summed E-state index contributed by atoms with van der Waals surface area (Å²) in [6, 6.07) is 30.3. The monoisotopic (exact) mass is 668 g/mol. The van der Waals surface area contributed by atoms with E-state index in [4.69, 9.17) is 16.3 Å². The Labute approximate surface area is 279 Å². The number of nitrogens with zero attached hydrogens (tertiary/aromatic N) is 1. The molecule has 5 aromatic rings. The fourth-order valence-corrected chi connectivity index (χ4v) is 6.00. The molecule has 0 radical (unpaired) electrons. The van der Waals surface area contributed by atoms with Crippen molar-refractivity contribution in [2.24, 2.45) is 0 Å². The zero-order chi connectivity index (χ0) is 32.5. The van der Waals surface area contributed by atoms with Gasteiger partial charge in [0.1, 0.15) is 11.4 Å². The summed E-state index contributed by atoms with van der Waals surface area (Å²) in [5.41, 5.74) is 3.18. The number of aromatic nitrogens is 1. The molecule has 0 bridgehead atoms. The molecule has 232 valence electrons. The Bertz CT molecular complexity index is 1880. The molecule has 0 spiro atoms. The maximum atomic E-state index is 13.3. The van der Waals surface area contributed by atoms with Crippen LogP contribution in [0.25, 0.3) is 17.3 Å². The number of halogens is 1. The number of hydrogen-bond acceptors (Lipinski definition) is 7. The summed E-state index contributed by atoms with van der Waals surface area (Å²) in [7, 11) is 1.61. The molecule has 0 aliphatic carbocycles. The molecule has 5 rings (SSSR count). The van der Waals surface area contributed by atoms with Gasteiger partial charge in [-0.2, -0.15) is 0 Å². The minimum absolute atomic E-state index is 0.0300. The minimum Gasteiger partial charge on any atom is -0.497 e. The molecular formula is C35H29ClN4O4S2. The summed E-state index contributed by atoms with van der Waals surface area (Å²) in [5.74, 6) is -0.399. The summed E-state index contributed by atoms with van der Waals surface area (Å²) in [6.07, 6.45) is 1.53. The highest BCUT2D eigenvalue weighted by atomic mass is 35.5. The van der Waals surface area contributed by atoms with Crippen LogP contribution in [0.4, 0.5) is 10.8 Å². The number of rotatable bonds is 11. The maximum absolute atomic E-state index is 13.3. The number of anilines is 2. The lowest BCUT2D eigenvalue weighted by atomic mass is 10.1. The van der Waals surface area contributed by atoms with Crippen molar-refractivity contribution in [3.8, 4) is 17.0 Å². The van der Waals surface area contributed by atoms with E-state index in [2.05, 4.69) is 20.9 Å². The van der Waals surface area contributed by atoms with E-state index in [1.54, 1.807) is 73.8 Å². The van der Waals surface area contributed by atoms with E-state index >= 15 is 0 Å². The van der Waals surface area contributed by atoms with Crippen LogP contribution in [0.2, 0.25) is 5.02 Å². The fourth-order valence-electron chi connectivity index (χ4n) is 4.22. The number of carbonyl (C=O) groups is 3.